The quantitative estimate of drug-likeness (QED) is 0.370. The van der Waals surface area contributed by atoms with E-state index in [0.717, 1.165) is 11.6 Å². The number of hydrogen-bond donors (Lipinski definition) is 0. The van der Waals surface area contributed by atoms with Crippen LogP contribution >= 0.6 is 11.6 Å². The molecule has 0 aromatic heterocycles. The number of aryl methyl sites for hydroxylation is 1. The maximum Gasteiger partial charge on any atom is 0.345 e. The van der Waals surface area contributed by atoms with Crippen LogP contribution in [0.1, 0.15) is 15.9 Å². The van der Waals surface area contributed by atoms with Crippen molar-refractivity contribution in [1.29, 1.82) is 0 Å². The van der Waals surface area contributed by atoms with E-state index in [-0.39, 0.29) is 22.0 Å². The lowest BCUT2D eigenvalue weighted by Crippen LogP contribution is -2.10. The lowest BCUT2D eigenvalue weighted by atomic mass is 10.2. The first-order valence-corrected chi connectivity index (χ1v) is 6.61. The van der Waals surface area contributed by atoms with Gasteiger partial charge in [-0.1, -0.05) is 17.7 Å². The number of nitro groups is 1. The predicted molar refractivity (Wildman–Crippen MR) is 80.8 cm³/mol. The molecule has 22 heavy (non-hydrogen) atoms. The van der Waals surface area contributed by atoms with Crippen molar-refractivity contribution in [3.8, 4) is 11.5 Å². The zero-order chi connectivity index (χ0) is 16.3. The zero-order valence-corrected chi connectivity index (χ0v) is 12.6. The Bertz CT molecular complexity index is 745. The number of methoxy groups -OCH3 is 1. The standard InChI is InChI=1S/C15H12ClNO5/c1-9-3-6-13(14(7-9)21-2)22-15(18)11-5-4-10(17(19)20)8-12(11)16/h3-8H,1-2H3. The number of carbonyl (C=O) groups excluding carboxylic acids is 1. The molecule has 0 unspecified atom stereocenters. The molecular weight excluding hydrogens is 310 g/mol. The van der Waals surface area contributed by atoms with Crippen LogP contribution in [0.15, 0.2) is 36.4 Å². The number of ether oxygens (including phenoxy) is 2. The molecule has 0 saturated heterocycles. The maximum atomic E-state index is 12.1. The lowest BCUT2D eigenvalue weighted by molar-refractivity contribution is -0.384. The molecule has 7 heteroatoms. The van der Waals surface area contributed by atoms with Gasteiger partial charge in [0.25, 0.3) is 5.69 Å². The number of hydrogen-bond acceptors (Lipinski definition) is 5. The number of rotatable bonds is 4. The molecule has 0 aliphatic heterocycles. The second-order valence-electron chi connectivity index (χ2n) is 4.47. The number of benzene rings is 2. The molecule has 6 nitrogen and oxygen atoms in total. The third-order valence-corrected chi connectivity index (χ3v) is 3.22. The molecule has 0 amide bonds. The predicted octanol–water partition coefficient (Wildman–Crippen LogP) is 3.78. The summed E-state index contributed by atoms with van der Waals surface area (Å²) in [6, 6.07) is 8.64. The van der Waals surface area contributed by atoms with Gasteiger partial charge >= 0.3 is 5.97 Å². The molecule has 0 bridgehead atoms. The Kier molecular flexibility index (Phi) is 4.62. The van der Waals surface area contributed by atoms with Crippen molar-refractivity contribution in [2.75, 3.05) is 7.11 Å². The molecule has 0 N–H and O–H groups in total. The van der Waals surface area contributed by atoms with Gasteiger partial charge in [0.1, 0.15) is 0 Å². The van der Waals surface area contributed by atoms with Crippen molar-refractivity contribution in [1.82, 2.24) is 0 Å². The molecule has 2 rings (SSSR count). The number of halogens is 1. The number of nitro benzene ring substituents is 1. The van der Waals surface area contributed by atoms with Crippen molar-refractivity contribution < 1.29 is 19.2 Å². The van der Waals surface area contributed by atoms with E-state index in [1.807, 2.05) is 6.92 Å². The molecule has 2 aromatic carbocycles. The average Bonchev–Trinajstić information content (AvgIpc) is 2.48. The van der Waals surface area contributed by atoms with Gasteiger partial charge in [-0.05, 0) is 30.7 Å². The van der Waals surface area contributed by atoms with Crippen LogP contribution in [0.2, 0.25) is 5.02 Å². The molecule has 0 aliphatic rings. The van der Waals surface area contributed by atoms with E-state index in [4.69, 9.17) is 21.1 Å². The van der Waals surface area contributed by atoms with Gasteiger partial charge in [0.05, 0.1) is 22.6 Å². The SMILES string of the molecule is COc1cc(C)ccc1OC(=O)c1ccc([N+](=O)[O-])cc1Cl. The minimum Gasteiger partial charge on any atom is -0.493 e. The summed E-state index contributed by atoms with van der Waals surface area (Å²) in [5.74, 6) is -0.0686. The fourth-order valence-corrected chi connectivity index (χ4v) is 2.05. The summed E-state index contributed by atoms with van der Waals surface area (Å²) in [6.45, 7) is 1.88. The summed E-state index contributed by atoms with van der Waals surface area (Å²) in [5, 5.41) is 10.6. The second kappa shape index (κ2) is 6.44. The Morgan fingerprint density at radius 3 is 2.50 bits per heavy atom. The van der Waals surface area contributed by atoms with E-state index >= 15 is 0 Å². The minimum atomic E-state index is -0.720. The number of nitrogens with zero attached hydrogens (tertiary/aromatic N) is 1. The molecule has 0 aliphatic carbocycles. The van der Waals surface area contributed by atoms with Crippen LogP contribution in [0.3, 0.4) is 0 Å². The van der Waals surface area contributed by atoms with Crippen molar-refractivity contribution >= 4 is 23.3 Å². The molecule has 0 saturated carbocycles. The topological polar surface area (TPSA) is 78.7 Å². The smallest absolute Gasteiger partial charge is 0.345 e. The highest BCUT2D eigenvalue weighted by molar-refractivity contribution is 6.33. The highest BCUT2D eigenvalue weighted by atomic mass is 35.5. The van der Waals surface area contributed by atoms with Gasteiger partial charge < -0.3 is 9.47 Å². The first-order chi connectivity index (χ1) is 10.4. The summed E-state index contributed by atoms with van der Waals surface area (Å²) in [6.07, 6.45) is 0. The Morgan fingerprint density at radius 2 is 1.91 bits per heavy atom. The monoisotopic (exact) mass is 321 g/mol. The van der Waals surface area contributed by atoms with E-state index in [9.17, 15) is 14.9 Å². The number of carbonyl (C=O) groups is 1. The minimum absolute atomic E-state index is 0.0369. The van der Waals surface area contributed by atoms with Gasteiger partial charge in [0.15, 0.2) is 11.5 Å². The van der Waals surface area contributed by atoms with Crippen LogP contribution in [0.5, 0.6) is 11.5 Å². The number of esters is 1. The molecular formula is C15H12ClNO5. The molecule has 2 aromatic rings. The fraction of sp³-hybridized carbons (Fsp3) is 0.133. The normalized spacial score (nSPS) is 10.1. The highest BCUT2D eigenvalue weighted by Crippen LogP contribution is 2.30. The first-order valence-electron chi connectivity index (χ1n) is 6.23. The molecule has 114 valence electrons. The van der Waals surface area contributed by atoms with Gasteiger partial charge in [-0.2, -0.15) is 0 Å². The van der Waals surface area contributed by atoms with Crippen LogP contribution in [0.25, 0.3) is 0 Å². The van der Waals surface area contributed by atoms with Crippen molar-refractivity contribution in [2.45, 2.75) is 6.92 Å². The largest absolute Gasteiger partial charge is 0.493 e. The summed E-state index contributed by atoms with van der Waals surface area (Å²) in [7, 11) is 1.46. The Hall–Kier alpha value is -2.60. The van der Waals surface area contributed by atoms with Crippen LogP contribution < -0.4 is 9.47 Å². The van der Waals surface area contributed by atoms with Crippen LogP contribution in [-0.2, 0) is 0 Å². The third-order valence-electron chi connectivity index (χ3n) is 2.91. The Morgan fingerprint density at radius 1 is 1.18 bits per heavy atom. The molecule has 0 heterocycles. The number of non-ortho nitro benzene ring substituents is 1. The Balaban J connectivity index is 2.28. The first kappa shape index (κ1) is 15.8. The van der Waals surface area contributed by atoms with Crippen molar-refractivity contribution in [2.24, 2.45) is 0 Å². The van der Waals surface area contributed by atoms with Crippen molar-refractivity contribution in [3.05, 3.63) is 62.7 Å². The molecule has 0 fully saturated rings. The summed E-state index contributed by atoms with van der Waals surface area (Å²) in [4.78, 5) is 22.2. The van der Waals surface area contributed by atoms with Crippen LogP contribution in [0, 0.1) is 17.0 Å². The van der Waals surface area contributed by atoms with E-state index in [1.54, 1.807) is 18.2 Å². The second-order valence-corrected chi connectivity index (χ2v) is 4.87. The van der Waals surface area contributed by atoms with Gasteiger partial charge in [-0.15, -0.1) is 0 Å². The average molecular weight is 322 g/mol. The van der Waals surface area contributed by atoms with Gasteiger partial charge in [0.2, 0.25) is 0 Å². The lowest BCUT2D eigenvalue weighted by Gasteiger charge is -2.10. The van der Waals surface area contributed by atoms with E-state index < -0.39 is 10.9 Å². The zero-order valence-electron chi connectivity index (χ0n) is 11.8. The Labute approximate surface area is 131 Å². The van der Waals surface area contributed by atoms with Gasteiger partial charge in [0, 0.05) is 12.1 Å². The molecule has 0 atom stereocenters. The van der Waals surface area contributed by atoms with Crippen molar-refractivity contribution in [3.63, 3.8) is 0 Å². The van der Waals surface area contributed by atoms with E-state index in [1.165, 1.54) is 19.2 Å². The fourth-order valence-electron chi connectivity index (χ4n) is 1.80. The maximum absolute atomic E-state index is 12.1. The summed E-state index contributed by atoms with van der Waals surface area (Å²) in [5.41, 5.74) is 0.786. The molecule has 0 radical (unpaired) electrons. The van der Waals surface area contributed by atoms with E-state index in [2.05, 4.69) is 0 Å². The molecule has 0 spiro atoms. The summed E-state index contributed by atoms with van der Waals surface area (Å²) < 4.78 is 10.4. The third kappa shape index (κ3) is 3.35. The van der Waals surface area contributed by atoms with Gasteiger partial charge in [-0.3, -0.25) is 10.1 Å². The van der Waals surface area contributed by atoms with E-state index in [0.29, 0.717) is 5.75 Å². The van der Waals surface area contributed by atoms with Crippen LogP contribution in [-0.4, -0.2) is 18.0 Å². The van der Waals surface area contributed by atoms with Crippen LogP contribution in [0.4, 0.5) is 5.69 Å². The summed E-state index contributed by atoms with van der Waals surface area (Å²) >= 11 is 5.90. The highest BCUT2D eigenvalue weighted by Gasteiger charge is 2.18. The van der Waals surface area contributed by atoms with Gasteiger partial charge in [-0.25, -0.2) is 4.79 Å².